The minimum atomic E-state index is -0.427. The topological polar surface area (TPSA) is 75.4 Å². The zero-order valence-corrected chi connectivity index (χ0v) is 17.3. The van der Waals surface area contributed by atoms with Crippen molar-refractivity contribution >= 4 is 27.7 Å². The SMILES string of the molecule is O=C(NCC(=O)N1CCCC1c1ccc(Br)cc1)c1cc(-c2ccccc2)on1. The molecule has 0 radical (unpaired) electrons. The van der Waals surface area contributed by atoms with Crippen LogP contribution >= 0.6 is 15.9 Å². The van der Waals surface area contributed by atoms with Crippen LogP contribution in [-0.2, 0) is 4.79 Å². The number of carbonyl (C=O) groups is 2. The Kier molecular flexibility index (Phi) is 5.76. The summed E-state index contributed by atoms with van der Waals surface area (Å²) >= 11 is 3.44. The molecule has 2 aromatic carbocycles. The summed E-state index contributed by atoms with van der Waals surface area (Å²) in [5.41, 5.74) is 2.10. The van der Waals surface area contributed by atoms with Gasteiger partial charge in [-0.3, -0.25) is 9.59 Å². The molecule has 1 aliphatic heterocycles. The highest BCUT2D eigenvalue weighted by Gasteiger charge is 2.30. The molecular formula is C22H20BrN3O3. The molecule has 148 valence electrons. The Morgan fingerprint density at radius 2 is 1.90 bits per heavy atom. The number of hydrogen-bond acceptors (Lipinski definition) is 4. The quantitative estimate of drug-likeness (QED) is 0.627. The van der Waals surface area contributed by atoms with Crippen molar-refractivity contribution in [2.45, 2.75) is 18.9 Å². The van der Waals surface area contributed by atoms with Crippen LogP contribution in [0.15, 0.2) is 69.7 Å². The molecule has 4 rings (SSSR count). The second-order valence-corrected chi connectivity index (χ2v) is 7.84. The monoisotopic (exact) mass is 453 g/mol. The summed E-state index contributed by atoms with van der Waals surface area (Å²) in [5.74, 6) is -0.0175. The molecule has 0 aliphatic carbocycles. The first-order valence-corrected chi connectivity index (χ1v) is 10.3. The van der Waals surface area contributed by atoms with E-state index >= 15 is 0 Å². The van der Waals surface area contributed by atoms with Gasteiger partial charge in [-0.25, -0.2) is 0 Å². The number of likely N-dealkylation sites (tertiary alicyclic amines) is 1. The van der Waals surface area contributed by atoms with Crippen LogP contribution in [0, 0.1) is 0 Å². The number of rotatable bonds is 5. The molecule has 29 heavy (non-hydrogen) atoms. The van der Waals surface area contributed by atoms with Crippen molar-refractivity contribution in [1.29, 1.82) is 0 Å². The van der Waals surface area contributed by atoms with Gasteiger partial charge in [0, 0.05) is 22.6 Å². The van der Waals surface area contributed by atoms with E-state index in [0.717, 1.165) is 28.4 Å². The Labute approximate surface area is 177 Å². The van der Waals surface area contributed by atoms with E-state index < -0.39 is 5.91 Å². The number of nitrogens with zero attached hydrogens (tertiary/aromatic N) is 2. The van der Waals surface area contributed by atoms with Gasteiger partial charge >= 0.3 is 0 Å². The van der Waals surface area contributed by atoms with E-state index in [2.05, 4.69) is 26.4 Å². The maximum Gasteiger partial charge on any atom is 0.273 e. The molecule has 3 aromatic rings. The standard InChI is InChI=1S/C22H20BrN3O3/c23-17-10-8-15(9-11-17)19-7-4-12-26(19)21(27)14-24-22(28)18-13-20(29-25-18)16-5-2-1-3-6-16/h1-3,5-6,8-11,13,19H,4,7,12,14H2,(H,24,28). The largest absolute Gasteiger partial charge is 0.355 e. The summed E-state index contributed by atoms with van der Waals surface area (Å²) in [6.45, 7) is 0.622. The van der Waals surface area contributed by atoms with Crippen molar-refractivity contribution in [1.82, 2.24) is 15.4 Å². The lowest BCUT2D eigenvalue weighted by molar-refractivity contribution is -0.131. The number of hydrogen-bond donors (Lipinski definition) is 1. The highest BCUT2D eigenvalue weighted by atomic mass is 79.9. The number of halogens is 1. The zero-order chi connectivity index (χ0) is 20.2. The molecule has 1 aliphatic rings. The molecule has 1 unspecified atom stereocenters. The molecule has 6 nitrogen and oxygen atoms in total. The highest BCUT2D eigenvalue weighted by Crippen LogP contribution is 2.32. The second-order valence-electron chi connectivity index (χ2n) is 6.92. The smallest absolute Gasteiger partial charge is 0.273 e. The minimum absolute atomic E-state index is 0.0456. The Hall–Kier alpha value is -2.93. The maximum atomic E-state index is 12.7. The summed E-state index contributed by atoms with van der Waals surface area (Å²) in [7, 11) is 0. The fraction of sp³-hybridized carbons (Fsp3) is 0.227. The lowest BCUT2D eigenvalue weighted by Crippen LogP contribution is -2.39. The molecular weight excluding hydrogens is 434 g/mol. The number of carbonyl (C=O) groups excluding carboxylic acids is 2. The van der Waals surface area contributed by atoms with Gasteiger partial charge in [-0.15, -0.1) is 0 Å². The molecule has 0 spiro atoms. The van der Waals surface area contributed by atoms with Crippen LogP contribution in [0.3, 0.4) is 0 Å². The van der Waals surface area contributed by atoms with Gasteiger partial charge in [-0.2, -0.15) is 0 Å². The van der Waals surface area contributed by atoms with Crippen LogP contribution in [0.4, 0.5) is 0 Å². The fourth-order valence-corrected chi connectivity index (χ4v) is 3.83. The van der Waals surface area contributed by atoms with E-state index in [-0.39, 0.29) is 24.2 Å². The lowest BCUT2D eigenvalue weighted by Gasteiger charge is -2.25. The van der Waals surface area contributed by atoms with Crippen LogP contribution in [0.5, 0.6) is 0 Å². The summed E-state index contributed by atoms with van der Waals surface area (Å²) in [6, 6.07) is 19.1. The van der Waals surface area contributed by atoms with Crippen LogP contribution in [0.2, 0.25) is 0 Å². The Morgan fingerprint density at radius 3 is 2.66 bits per heavy atom. The van der Waals surface area contributed by atoms with Gasteiger partial charge in [0.05, 0.1) is 12.6 Å². The molecule has 1 fully saturated rings. The van der Waals surface area contributed by atoms with Crippen molar-refractivity contribution in [3.05, 3.63) is 76.4 Å². The number of nitrogens with one attached hydrogen (secondary N) is 1. The first kappa shape index (κ1) is 19.4. The fourth-order valence-electron chi connectivity index (χ4n) is 3.57. The molecule has 0 saturated carbocycles. The summed E-state index contributed by atoms with van der Waals surface area (Å²) in [5, 5.41) is 6.48. The first-order valence-electron chi connectivity index (χ1n) is 9.47. The normalized spacial score (nSPS) is 16.0. The van der Waals surface area contributed by atoms with Gasteiger partial charge in [0.25, 0.3) is 5.91 Å². The summed E-state index contributed by atoms with van der Waals surface area (Å²) in [4.78, 5) is 26.9. The average Bonchev–Trinajstić information content (AvgIpc) is 3.43. The molecule has 1 atom stereocenters. The van der Waals surface area contributed by atoms with Gasteiger partial charge in [0.15, 0.2) is 11.5 Å². The van der Waals surface area contributed by atoms with Crippen molar-refractivity contribution in [3.8, 4) is 11.3 Å². The van der Waals surface area contributed by atoms with Crippen LogP contribution in [-0.4, -0.2) is 35.0 Å². The Morgan fingerprint density at radius 1 is 1.14 bits per heavy atom. The van der Waals surface area contributed by atoms with Crippen molar-refractivity contribution < 1.29 is 14.1 Å². The zero-order valence-electron chi connectivity index (χ0n) is 15.7. The highest BCUT2D eigenvalue weighted by molar-refractivity contribution is 9.10. The van der Waals surface area contributed by atoms with Crippen molar-refractivity contribution in [2.24, 2.45) is 0 Å². The second kappa shape index (κ2) is 8.61. The minimum Gasteiger partial charge on any atom is -0.355 e. The number of benzene rings is 2. The molecule has 7 heteroatoms. The molecule has 1 N–H and O–H groups in total. The van der Waals surface area contributed by atoms with Gasteiger partial charge in [-0.1, -0.05) is 63.6 Å². The van der Waals surface area contributed by atoms with Crippen LogP contribution in [0.25, 0.3) is 11.3 Å². The first-order chi connectivity index (χ1) is 14.1. The van der Waals surface area contributed by atoms with Gasteiger partial charge in [0.2, 0.25) is 5.91 Å². The van der Waals surface area contributed by atoms with E-state index in [1.54, 1.807) is 6.07 Å². The van der Waals surface area contributed by atoms with Gasteiger partial charge in [0.1, 0.15) is 0 Å². The number of amides is 2. The molecule has 2 heterocycles. The molecule has 0 bridgehead atoms. The maximum absolute atomic E-state index is 12.7. The van der Waals surface area contributed by atoms with E-state index in [1.807, 2.05) is 59.5 Å². The summed E-state index contributed by atoms with van der Waals surface area (Å²) < 4.78 is 6.26. The summed E-state index contributed by atoms with van der Waals surface area (Å²) in [6.07, 6.45) is 1.87. The van der Waals surface area contributed by atoms with E-state index in [4.69, 9.17) is 4.52 Å². The predicted molar refractivity (Wildman–Crippen MR) is 112 cm³/mol. The van der Waals surface area contributed by atoms with Gasteiger partial charge < -0.3 is 14.7 Å². The predicted octanol–water partition coefficient (Wildman–Crippen LogP) is 4.20. The van der Waals surface area contributed by atoms with Gasteiger partial charge in [-0.05, 0) is 30.5 Å². The molecule has 1 saturated heterocycles. The molecule has 1 aromatic heterocycles. The lowest BCUT2D eigenvalue weighted by atomic mass is 10.0. The van der Waals surface area contributed by atoms with Crippen LogP contribution < -0.4 is 5.32 Å². The Balaban J connectivity index is 1.37. The third-order valence-electron chi connectivity index (χ3n) is 5.03. The van der Waals surface area contributed by atoms with E-state index in [0.29, 0.717) is 12.3 Å². The number of aromatic nitrogens is 1. The third-order valence-corrected chi connectivity index (χ3v) is 5.56. The van der Waals surface area contributed by atoms with Crippen molar-refractivity contribution in [3.63, 3.8) is 0 Å². The Bertz CT molecular complexity index is 1000. The molecule has 2 amide bonds. The van der Waals surface area contributed by atoms with Crippen molar-refractivity contribution in [2.75, 3.05) is 13.1 Å². The van der Waals surface area contributed by atoms with E-state index in [1.165, 1.54) is 0 Å². The average molecular weight is 454 g/mol. The van der Waals surface area contributed by atoms with E-state index in [9.17, 15) is 9.59 Å². The third kappa shape index (κ3) is 4.40. The van der Waals surface area contributed by atoms with Crippen LogP contribution in [0.1, 0.15) is 34.9 Å².